The van der Waals surface area contributed by atoms with E-state index in [1.165, 1.54) is 44.9 Å². The predicted molar refractivity (Wildman–Crippen MR) is 94.0 cm³/mol. The highest BCUT2D eigenvalue weighted by Gasteiger charge is 2.44. The molecule has 3 heterocycles. The normalized spacial score (nSPS) is 26.6. The first kappa shape index (κ1) is 15.6. The zero-order valence-corrected chi connectivity index (χ0v) is 15.0. The van der Waals surface area contributed by atoms with Gasteiger partial charge in [-0.25, -0.2) is 4.79 Å². The summed E-state index contributed by atoms with van der Waals surface area (Å²) in [5, 5.41) is 12.4. The van der Waals surface area contributed by atoms with E-state index in [1.54, 1.807) is 0 Å². The number of amides is 2. The molecule has 2 amide bonds. The molecule has 2 aliphatic heterocycles. The average Bonchev–Trinajstić information content (AvgIpc) is 3.53. The highest BCUT2D eigenvalue weighted by atomic mass is 16.2. The lowest BCUT2D eigenvalue weighted by atomic mass is 10.1. The highest BCUT2D eigenvalue weighted by molar-refractivity contribution is 5.75. The molecule has 2 saturated carbocycles. The molecule has 5 rings (SSSR count). The van der Waals surface area contributed by atoms with Gasteiger partial charge in [0, 0.05) is 25.6 Å². The van der Waals surface area contributed by atoms with Crippen LogP contribution in [0.25, 0.3) is 0 Å². The Hall–Kier alpha value is -1.59. The Labute approximate surface area is 149 Å². The van der Waals surface area contributed by atoms with E-state index in [9.17, 15) is 4.79 Å². The van der Waals surface area contributed by atoms with Crippen LogP contribution in [0.3, 0.4) is 0 Å². The average molecular weight is 343 g/mol. The maximum atomic E-state index is 13.0. The highest BCUT2D eigenvalue weighted by Crippen LogP contribution is 2.45. The van der Waals surface area contributed by atoms with Crippen LogP contribution < -0.4 is 5.32 Å². The predicted octanol–water partition coefficient (Wildman–Crippen LogP) is 3.04. The second kappa shape index (κ2) is 6.29. The molecule has 6 heteroatoms. The van der Waals surface area contributed by atoms with Crippen LogP contribution in [-0.2, 0) is 13.0 Å². The summed E-state index contributed by atoms with van der Waals surface area (Å²) in [6, 6.07) is 0.667. The zero-order chi connectivity index (χ0) is 16.8. The lowest BCUT2D eigenvalue weighted by Crippen LogP contribution is -2.46. The summed E-state index contributed by atoms with van der Waals surface area (Å²) in [4.78, 5) is 15.1. The van der Waals surface area contributed by atoms with E-state index in [0.717, 1.165) is 55.8 Å². The van der Waals surface area contributed by atoms with E-state index in [4.69, 9.17) is 0 Å². The van der Waals surface area contributed by atoms with Gasteiger partial charge in [0.15, 0.2) is 5.82 Å². The molecular weight excluding hydrogens is 314 g/mol. The number of hydrogen-bond donors (Lipinski definition) is 1. The minimum Gasteiger partial charge on any atom is -0.335 e. The van der Waals surface area contributed by atoms with Gasteiger partial charge in [0.05, 0.1) is 6.04 Å². The number of fused-ring (bicyclic) bond motifs is 1. The fourth-order valence-corrected chi connectivity index (χ4v) is 4.79. The lowest BCUT2D eigenvalue weighted by molar-refractivity contribution is 0.182. The summed E-state index contributed by atoms with van der Waals surface area (Å²) >= 11 is 0. The summed E-state index contributed by atoms with van der Waals surface area (Å²) < 4.78 is 2.31. The molecule has 0 unspecified atom stereocenters. The van der Waals surface area contributed by atoms with Gasteiger partial charge in [-0.2, -0.15) is 0 Å². The van der Waals surface area contributed by atoms with Crippen molar-refractivity contribution in [2.24, 2.45) is 11.8 Å². The minimum absolute atomic E-state index is 0.110. The molecule has 136 valence electrons. The largest absolute Gasteiger partial charge is 0.335 e. The second-order valence-electron chi connectivity index (χ2n) is 8.44. The zero-order valence-electron chi connectivity index (χ0n) is 15.0. The SMILES string of the molecule is O=C(NC(C1CC1)C1CC1)N1CCC[C@@H]1c1nnc2n1CCCCC2. The number of aromatic nitrogens is 3. The fraction of sp³-hybridized carbons (Fsp3) is 0.842. The monoisotopic (exact) mass is 343 g/mol. The van der Waals surface area contributed by atoms with Gasteiger partial charge >= 0.3 is 6.03 Å². The van der Waals surface area contributed by atoms with Crippen molar-refractivity contribution in [1.82, 2.24) is 25.0 Å². The van der Waals surface area contributed by atoms with Gasteiger partial charge in [0.2, 0.25) is 0 Å². The van der Waals surface area contributed by atoms with Crippen LogP contribution in [0.15, 0.2) is 0 Å². The molecule has 0 aromatic carbocycles. The molecule has 1 atom stereocenters. The molecule has 2 aliphatic carbocycles. The first-order valence-electron chi connectivity index (χ1n) is 10.3. The molecule has 6 nitrogen and oxygen atoms in total. The summed E-state index contributed by atoms with van der Waals surface area (Å²) in [5.41, 5.74) is 0. The van der Waals surface area contributed by atoms with E-state index >= 15 is 0 Å². The third-order valence-electron chi connectivity index (χ3n) is 6.50. The first-order chi connectivity index (χ1) is 12.3. The van der Waals surface area contributed by atoms with Gasteiger partial charge in [-0.1, -0.05) is 6.42 Å². The van der Waals surface area contributed by atoms with Crippen LogP contribution in [0.2, 0.25) is 0 Å². The van der Waals surface area contributed by atoms with Gasteiger partial charge < -0.3 is 14.8 Å². The molecule has 1 N–H and O–H groups in total. The molecule has 1 aromatic rings. The first-order valence-corrected chi connectivity index (χ1v) is 10.3. The fourth-order valence-electron chi connectivity index (χ4n) is 4.79. The summed E-state index contributed by atoms with van der Waals surface area (Å²) in [6.45, 7) is 1.86. The number of hydrogen-bond acceptors (Lipinski definition) is 3. The summed E-state index contributed by atoms with van der Waals surface area (Å²) in [7, 11) is 0. The van der Waals surface area contributed by atoms with Crippen molar-refractivity contribution < 1.29 is 4.79 Å². The number of nitrogens with one attached hydrogen (secondary N) is 1. The molecular formula is C19H29N5O. The molecule has 25 heavy (non-hydrogen) atoms. The number of rotatable bonds is 4. The summed E-state index contributed by atoms with van der Waals surface area (Å²) in [5.74, 6) is 3.62. The Bertz CT molecular complexity index is 636. The number of carbonyl (C=O) groups is 1. The summed E-state index contributed by atoms with van der Waals surface area (Å²) in [6.07, 6.45) is 12.0. The van der Waals surface area contributed by atoms with Crippen molar-refractivity contribution in [3.05, 3.63) is 11.6 Å². The van der Waals surface area contributed by atoms with Crippen molar-refractivity contribution in [3.8, 4) is 0 Å². The van der Waals surface area contributed by atoms with Gasteiger partial charge in [0.25, 0.3) is 0 Å². The lowest BCUT2D eigenvalue weighted by Gasteiger charge is -2.28. The van der Waals surface area contributed by atoms with E-state index in [1.807, 2.05) is 4.90 Å². The maximum Gasteiger partial charge on any atom is 0.318 e. The topological polar surface area (TPSA) is 63.1 Å². The van der Waals surface area contributed by atoms with E-state index in [0.29, 0.717) is 6.04 Å². The molecule has 4 aliphatic rings. The van der Waals surface area contributed by atoms with Crippen LogP contribution in [0.4, 0.5) is 4.79 Å². The Morgan fingerprint density at radius 2 is 1.76 bits per heavy atom. The quantitative estimate of drug-likeness (QED) is 0.914. The Morgan fingerprint density at radius 3 is 2.52 bits per heavy atom. The molecule has 1 aromatic heterocycles. The van der Waals surface area contributed by atoms with Crippen LogP contribution in [-0.4, -0.2) is 38.3 Å². The second-order valence-corrected chi connectivity index (χ2v) is 8.44. The Kier molecular flexibility index (Phi) is 3.94. The van der Waals surface area contributed by atoms with Crippen molar-refractivity contribution in [2.75, 3.05) is 6.54 Å². The van der Waals surface area contributed by atoms with Gasteiger partial charge in [-0.15, -0.1) is 10.2 Å². The Balaban J connectivity index is 1.33. The van der Waals surface area contributed by atoms with E-state index < -0.39 is 0 Å². The molecule has 0 radical (unpaired) electrons. The van der Waals surface area contributed by atoms with E-state index in [2.05, 4.69) is 20.1 Å². The van der Waals surface area contributed by atoms with Crippen LogP contribution in [0.5, 0.6) is 0 Å². The number of aryl methyl sites for hydroxylation is 1. The number of nitrogens with zero attached hydrogens (tertiary/aromatic N) is 4. The Morgan fingerprint density at radius 1 is 0.960 bits per heavy atom. The van der Waals surface area contributed by atoms with Gasteiger partial charge in [-0.3, -0.25) is 0 Å². The third-order valence-corrected chi connectivity index (χ3v) is 6.50. The molecule has 1 saturated heterocycles. The van der Waals surface area contributed by atoms with Crippen LogP contribution >= 0.6 is 0 Å². The van der Waals surface area contributed by atoms with Crippen molar-refractivity contribution in [3.63, 3.8) is 0 Å². The maximum absolute atomic E-state index is 13.0. The van der Waals surface area contributed by atoms with Crippen molar-refractivity contribution in [1.29, 1.82) is 0 Å². The standard InChI is InChI=1S/C19H29N5O/c25-19(20-17(13-7-8-13)14-9-10-14)23-12-4-5-15(23)18-22-21-16-6-2-1-3-11-24(16)18/h13-15,17H,1-12H2,(H,20,25)/t15-/m1/s1. The van der Waals surface area contributed by atoms with Crippen molar-refractivity contribution >= 4 is 6.03 Å². The van der Waals surface area contributed by atoms with Crippen LogP contribution in [0.1, 0.15) is 75.5 Å². The number of likely N-dealkylation sites (tertiary alicyclic amines) is 1. The van der Waals surface area contributed by atoms with Gasteiger partial charge in [-0.05, 0) is 63.2 Å². The third kappa shape index (κ3) is 3.04. The smallest absolute Gasteiger partial charge is 0.318 e. The van der Waals surface area contributed by atoms with E-state index in [-0.39, 0.29) is 12.1 Å². The number of carbonyl (C=O) groups excluding carboxylic acids is 1. The molecule has 0 bridgehead atoms. The molecule has 3 fully saturated rings. The van der Waals surface area contributed by atoms with Gasteiger partial charge in [0.1, 0.15) is 5.82 Å². The minimum atomic E-state index is 0.110. The molecule has 0 spiro atoms. The van der Waals surface area contributed by atoms with Crippen molar-refractivity contribution in [2.45, 2.75) is 82.8 Å². The van der Waals surface area contributed by atoms with Crippen LogP contribution in [0, 0.1) is 11.8 Å². The number of urea groups is 1.